The number of nitrogens with zero attached hydrogens (tertiary/aromatic N) is 1. The Kier molecular flexibility index (Phi) is 5.09. The van der Waals surface area contributed by atoms with Gasteiger partial charge in [0.25, 0.3) is 5.91 Å². The van der Waals surface area contributed by atoms with Gasteiger partial charge in [-0.25, -0.2) is 4.39 Å². The molecule has 6 heteroatoms. The number of anilines is 1. The SMILES string of the molecule is CNC(=O)CN(C(=O)C1OCCc2ccccc21)c1cccc(F)c1. The minimum atomic E-state index is -0.808. The van der Waals surface area contributed by atoms with E-state index in [1.807, 2.05) is 24.3 Å². The Morgan fingerprint density at radius 3 is 2.80 bits per heavy atom. The molecule has 0 saturated carbocycles. The van der Waals surface area contributed by atoms with Crippen molar-refractivity contribution in [3.63, 3.8) is 0 Å². The van der Waals surface area contributed by atoms with E-state index in [0.717, 1.165) is 17.5 Å². The van der Waals surface area contributed by atoms with Gasteiger partial charge >= 0.3 is 0 Å². The van der Waals surface area contributed by atoms with Crippen molar-refractivity contribution in [1.29, 1.82) is 0 Å². The van der Waals surface area contributed by atoms with Crippen LogP contribution in [0.25, 0.3) is 0 Å². The molecule has 0 aromatic heterocycles. The average molecular weight is 342 g/mol. The molecule has 0 radical (unpaired) electrons. The van der Waals surface area contributed by atoms with Crippen LogP contribution in [0.1, 0.15) is 17.2 Å². The highest BCUT2D eigenvalue weighted by molar-refractivity contribution is 6.01. The van der Waals surface area contributed by atoms with Crippen molar-refractivity contribution in [2.24, 2.45) is 0 Å². The molecule has 1 atom stereocenters. The lowest BCUT2D eigenvalue weighted by Crippen LogP contribution is -2.43. The fourth-order valence-electron chi connectivity index (χ4n) is 2.90. The molecule has 2 aromatic rings. The Hall–Kier alpha value is -2.73. The van der Waals surface area contributed by atoms with Gasteiger partial charge in [-0.3, -0.25) is 9.59 Å². The minimum Gasteiger partial charge on any atom is -0.363 e. The molecule has 1 aliphatic heterocycles. The van der Waals surface area contributed by atoms with E-state index in [-0.39, 0.29) is 18.4 Å². The van der Waals surface area contributed by atoms with E-state index >= 15 is 0 Å². The van der Waals surface area contributed by atoms with Crippen molar-refractivity contribution in [2.45, 2.75) is 12.5 Å². The van der Waals surface area contributed by atoms with Gasteiger partial charge in [-0.15, -0.1) is 0 Å². The van der Waals surface area contributed by atoms with Crippen LogP contribution in [0, 0.1) is 5.82 Å². The number of benzene rings is 2. The molecule has 0 spiro atoms. The van der Waals surface area contributed by atoms with Crippen molar-refractivity contribution < 1.29 is 18.7 Å². The van der Waals surface area contributed by atoms with Crippen LogP contribution >= 0.6 is 0 Å². The van der Waals surface area contributed by atoms with Crippen molar-refractivity contribution in [3.8, 4) is 0 Å². The highest BCUT2D eigenvalue weighted by Crippen LogP contribution is 2.30. The quantitative estimate of drug-likeness (QED) is 0.927. The van der Waals surface area contributed by atoms with Gasteiger partial charge < -0.3 is 15.0 Å². The number of fused-ring (bicyclic) bond motifs is 1. The van der Waals surface area contributed by atoms with Gasteiger partial charge in [-0.05, 0) is 35.7 Å². The molecular formula is C19H19FN2O3. The van der Waals surface area contributed by atoms with Crippen LogP contribution in [0.5, 0.6) is 0 Å². The summed E-state index contributed by atoms with van der Waals surface area (Å²) in [5, 5.41) is 2.49. The predicted octanol–water partition coefficient (Wildman–Crippen LogP) is 2.22. The lowest BCUT2D eigenvalue weighted by atomic mass is 9.96. The number of ether oxygens (including phenoxy) is 1. The van der Waals surface area contributed by atoms with E-state index < -0.39 is 11.9 Å². The molecule has 1 heterocycles. The second kappa shape index (κ2) is 7.44. The largest absolute Gasteiger partial charge is 0.363 e. The molecule has 2 amide bonds. The molecule has 1 N–H and O–H groups in total. The summed E-state index contributed by atoms with van der Waals surface area (Å²) in [4.78, 5) is 26.3. The third-order valence-electron chi connectivity index (χ3n) is 4.18. The van der Waals surface area contributed by atoms with Gasteiger partial charge in [0, 0.05) is 12.7 Å². The smallest absolute Gasteiger partial charge is 0.261 e. The standard InChI is InChI=1S/C19H19FN2O3/c1-21-17(23)12-22(15-7-4-6-14(20)11-15)19(24)18-16-8-3-2-5-13(16)9-10-25-18/h2-8,11,18H,9-10,12H2,1H3,(H,21,23). The van der Waals surface area contributed by atoms with E-state index in [4.69, 9.17) is 4.74 Å². The maximum Gasteiger partial charge on any atom is 0.261 e. The number of hydrogen-bond donors (Lipinski definition) is 1. The van der Waals surface area contributed by atoms with Crippen molar-refractivity contribution in [1.82, 2.24) is 5.32 Å². The summed E-state index contributed by atoms with van der Waals surface area (Å²) in [6, 6.07) is 13.2. The van der Waals surface area contributed by atoms with Crippen molar-refractivity contribution in [2.75, 3.05) is 25.1 Å². The Morgan fingerprint density at radius 2 is 2.04 bits per heavy atom. The molecule has 1 aliphatic rings. The summed E-state index contributed by atoms with van der Waals surface area (Å²) < 4.78 is 19.3. The third-order valence-corrected chi connectivity index (χ3v) is 4.18. The summed E-state index contributed by atoms with van der Waals surface area (Å²) in [6.07, 6.45) is -0.0760. The fraction of sp³-hybridized carbons (Fsp3) is 0.263. The highest BCUT2D eigenvalue weighted by atomic mass is 19.1. The van der Waals surface area contributed by atoms with E-state index in [0.29, 0.717) is 12.3 Å². The molecule has 0 aliphatic carbocycles. The number of rotatable bonds is 4. The van der Waals surface area contributed by atoms with Gasteiger partial charge in [0.2, 0.25) is 5.91 Å². The van der Waals surface area contributed by atoms with Crippen LogP contribution in [0.4, 0.5) is 10.1 Å². The predicted molar refractivity (Wildman–Crippen MR) is 91.7 cm³/mol. The molecule has 3 rings (SSSR count). The number of hydrogen-bond acceptors (Lipinski definition) is 3. The van der Waals surface area contributed by atoms with Crippen molar-refractivity contribution in [3.05, 3.63) is 65.5 Å². The van der Waals surface area contributed by atoms with Gasteiger partial charge in [0.1, 0.15) is 12.4 Å². The monoisotopic (exact) mass is 342 g/mol. The Morgan fingerprint density at radius 1 is 1.24 bits per heavy atom. The van der Waals surface area contributed by atoms with Crippen LogP contribution in [0.15, 0.2) is 48.5 Å². The zero-order valence-electron chi connectivity index (χ0n) is 13.9. The molecule has 2 aromatic carbocycles. The maximum absolute atomic E-state index is 13.6. The Labute approximate surface area is 145 Å². The second-order valence-corrected chi connectivity index (χ2v) is 5.78. The zero-order valence-corrected chi connectivity index (χ0v) is 13.9. The minimum absolute atomic E-state index is 0.208. The summed E-state index contributed by atoms with van der Waals surface area (Å²) in [5.74, 6) is -1.21. The number of halogens is 1. The first kappa shape index (κ1) is 17.1. The summed E-state index contributed by atoms with van der Waals surface area (Å²) in [6.45, 7) is 0.213. The van der Waals surface area contributed by atoms with Crippen molar-refractivity contribution >= 4 is 17.5 Å². The average Bonchev–Trinajstić information content (AvgIpc) is 2.65. The molecule has 5 nitrogen and oxygen atoms in total. The second-order valence-electron chi connectivity index (χ2n) is 5.78. The highest BCUT2D eigenvalue weighted by Gasteiger charge is 2.32. The molecular weight excluding hydrogens is 323 g/mol. The number of likely N-dealkylation sites (N-methyl/N-ethyl adjacent to an activating group) is 1. The molecule has 25 heavy (non-hydrogen) atoms. The van der Waals surface area contributed by atoms with Crippen LogP contribution in [0.2, 0.25) is 0 Å². The van der Waals surface area contributed by atoms with Crippen LogP contribution in [-0.4, -0.2) is 32.0 Å². The first-order chi connectivity index (χ1) is 12.1. The van der Waals surface area contributed by atoms with Gasteiger partial charge in [0.05, 0.1) is 6.61 Å². The summed E-state index contributed by atoms with van der Waals surface area (Å²) >= 11 is 0. The first-order valence-corrected chi connectivity index (χ1v) is 8.07. The van der Waals surface area contributed by atoms with E-state index in [1.54, 1.807) is 6.07 Å². The van der Waals surface area contributed by atoms with Crippen LogP contribution < -0.4 is 10.2 Å². The van der Waals surface area contributed by atoms with E-state index in [1.165, 1.54) is 30.1 Å². The molecule has 0 saturated heterocycles. The fourth-order valence-corrected chi connectivity index (χ4v) is 2.90. The maximum atomic E-state index is 13.6. The number of carbonyl (C=O) groups is 2. The van der Waals surface area contributed by atoms with Gasteiger partial charge in [-0.1, -0.05) is 30.3 Å². The number of carbonyl (C=O) groups excluding carboxylic acids is 2. The third kappa shape index (κ3) is 3.69. The lowest BCUT2D eigenvalue weighted by molar-refractivity contribution is -0.132. The Balaban J connectivity index is 1.96. The normalized spacial score (nSPS) is 16.0. The topological polar surface area (TPSA) is 58.6 Å². The molecule has 1 unspecified atom stereocenters. The Bertz CT molecular complexity index is 794. The zero-order chi connectivity index (χ0) is 17.8. The summed E-state index contributed by atoms with van der Waals surface area (Å²) in [5.41, 5.74) is 2.16. The van der Waals surface area contributed by atoms with Gasteiger partial charge in [-0.2, -0.15) is 0 Å². The van der Waals surface area contributed by atoms with Crippen LogP contribution in [-0.2, 0) is 20.7 Å². The molecule has 0 fully saturated rings. The van der Waals surface area contributed by atoms with E-state index in [2.05, 4.69) is 5.32 Å². The number of nitrogens with one attached hydrogen (secondary N) is 1. The molecule has 130 valence electrons. The van der Waals surface area contributed by atoms with Crippen LogP contribution in [0.3, 0.4) is 0 Å². The van der Waals surface area contributed by atoms with E-state index in [9.17, 15) is 14.0 Å². The number of amides is 2. The first-order valence-electron chi connectivity index (χ1n) is 8.07. The molecule has 0 bridgehead atoms. The summed E-state index contributed by atoms with van der Waals surface area (Å²) in [7, 11) is 1.49. The lowest BCUT2D eigenvalue weighted by Gasteiger charge is -2.30. The van der Waals surface area contributed by atoms with Gasteiger partial charge in [0.15, 0.2) is 6.10 Å².